The van der Waals surface area contributed by atoms with Gasteiger partial charge in [-0.1, -0.05) is 18.2 Å². The molecule has 0 spiro atoms. The van der Waals surface area contributed by atoms with Gasteiger partial charge in [0, 0.05) is 6.04 Å². The summed E-state index contributed by atoms with van der Waals surface area (Å²) in [5.41, 5.74) is 0.678. The molecule has 2 N–H and O–H groups in total. The highest BCUT2D eigenvalue weighted by Gasteiger charge is 2.14. The van der Waals surface area contributed by atoms with Crippen molar-refractivity contribution in [1.82, 2.24) is 4.72 Å². The molecule has 1 rings (SSSR count). The molecule has 1 aromatic rings. The van der Waals surface area contributed by atoms with Crippen molar-refractivity contribution in [2.75, 3.05) is 0 Å². The Hall–Kier alpha value is -1.66. The molecule has 0 bridgehead atoms. The summed E-state index contributed by atoms with van der Waals surface area (Å²) in [7, 11) is -3.43. The van der Waals surface area contributed by atoms with Crippen molar-refractivity contribution in [3.63, 3.8) is 0 Å². The lowest BCUT2D eigenvalue weighted by Gasteiger charge is -2.12. The number of sulfonamides is 1. The van der Waals surface area contributed by atoms with E-state index in [1.807, 2.05) is 0 Å². The summed E-state index contributed by atoms with van der Waals surface area (Å²) in [6, 6.07) is 5.57. The van der Waals surface area contributed by atoms with Crippen LogP contribution in [0.2, 0.25) is 0 Å². The molecule has 0 amide bonds. The van der Waals surface area contributed by atoms with E-state index in [-0.39, 0.29) is 17.4 Å². The van der Waals surface area contributed by atoms with Crippen molar-refractivity contribution >= 4 is 16.0 Å². The van der Waals surface area contributed by atoms with Gasteiger partial charge in [-0.3, -0.25) is 0 Å². The van der Waals surface area contributed by atoms with Crippen molar-refractivity contribution in [3.8, 4) is 0 Å². The van der Waals surface area contributed by atoms with Gasteiger partial charge in [0.15, 0.2) is 0 Å². The minimum atomic E-state index is -3.43. The van der Waals surface area contributed by atoms with Gasteiger partial charge in [0.05, 0.1) is 11.3 Å². The molecule has 0 saturated heterocycles. The van der Waals surface area contributed by atoms with Gasteiger partial charge in [-0.2, -0.15) is 0 Å². The van der Waals surface area contributed by atoms with Crippen LogP contribution in [0.3, 0.4) is 0 Å². The van der Waals surface area contributed by atoms with Crippen molar-refractivity contribution in [3.05, 3.63) is 48.0 Å². The summed E-state index contributed by atoms with van der Waals surface area (Å²) in [6.07, 6.45) is 2.20. The second kappa shape index (κ2) is 6.49. The lowest BCUT2D eigenvalue weighted by atomic mass is 10.1. The maximum Gasteiger partial charge on any atom is 0.335 e. The highest BCUT2D eigenvalue weighted by molar-refractivity contribution is 7.88. The first-order valence-corrected chi connectivity index (χ1v) is 7.42. The van der Waals surface area contributed by atoms with Crippen molar-refractivity contribution in [1.29, 1.82) is 0 Å². The van der Waals surface area contributed by atoms with E-state index in [1.54, 1.807) is 13.0 Å². The smallest absolute Gasteiger partial charge is 0.335 e. The first kappa shape index (κ1) is 15.4. The van der Waals surface area contributed by atoms with Crippen LogP contribution in [-0.2, 0) is 15.8 Å². The van der Waals surface area contributed by atoms with Crippen molar-refractivity contribution < 1.29 is 18.3 Å². The van der Waals surface area contributed by atoms with E-state index >= 15 is 0 Å². The van der Waals surface area contributed by atoms with Crippen LogP contribution in [0.5, 0.6) is 0 Å². The Bertz CT molecular complexity index is 549. The van der Waals surface area contributed by atoms with Crippen LogP contribution in [0, 0.1) is 0 Å². The maximum absolute atomic E-state index is 11.8. The monoisotopic (exact) mass is 283 g/mol. The number of carboxylic acid groups (broad SMARTS) is 1. The van der Waals surface area contributed by atoms with E-state index in [2.05, 4.69) is 11.3 Å². The summed E-state index contributed by atoms with van der Waals surface area (Å²) in [4.78, 5) is 10.7. The van der Waals surface area contributed by atoms with Crippen LogP contribution in [0.4, 0.5) is 0 Å². The molecule has 0 radical (unpaired) electrons. The predicted molar refractivity (Wildman–Crippen MR) is 73.4 cm³/mol. The van der Waals surface area contributed by atoms with E-state index in [9.17, 15) is 13.2 Å². The van der Waals surface area contributed by atoms with E-state index in [4.69, 9.17) is 5.11 Å². The Kier molecular flexibility index (Phi) is 5.26. The van der Waals surface area contributed by atoms with Crippen LogP contribution in [0.15, 0.2) is 36.9 Å². The van der Waals surface area contributed by atoms with Gasteiger partial charge in [0.2, 0.25) is 10.0 Å². The third kappa shape index (κ3) is 5.23. The molecule has 0 aliphatic carbocycles. The standard InChI is InChI=1S/C13H17NO4S/c1-3-4-10(2)14-19(17,18)9-11-5-7-12(8-6-11)13(15)16/h3,5-8,10,14H,1,4,9H2,2H3,(H,15,16). The summed E-state index contributed by atoms with van der Waals surface area (Å²) < 4.78 is 26.2. The summed E-state index contributed by atoms with van der Waals surface area (Å²) >= 11 is 0. The number of carboxylic acids is 1. The Morgan fingerprint density at radius 2 is 2.00 bits per heavy atom. The maximum atomic E-state index is 11.8. The number of nitrogens with one attached hydrogen (secondary N) is 1. The molecule has 0 saturated carbocycles. The van der Waals surface area contributed by atoms with E-state index < -0.39 is 16.0 Å². The minimum Gasteiger partial charge on any atom is -0.478 e. The summed E-state index contributed by atoms with van der Waals surface area (Å²) in [5, 5.41) is 8.75. The Morgan fingerprint density at radius 1 is 1.42 bits per heavy atom. The second-order valence-electron chi connectivity index (χ2n) is 4.30. The van der Waals surface area contributed by atoms with Crippen molar-refractivity contribution in [2.45, 2.75) is 25.1 Å². The van der Waals surface area contributed by atoms with Gasteiger partial charge in [0.25, 0.3) is 0 Å². The first-order valence-electron chi connectivity index (χ1n) is 5.77. The van der Waals surface area contributed by atoms with Crippen LogP contribution < -0.4 is 4.72 Å². The lowest BCUT2D eigenvalue weighted by Crippen LogP contribution is -2.33. The molecular formula is C13H17NO4S. The SMILES string of the molecule is C=CCC(C)NS(=O)(=O)Cc1ccc(C(=O)O)cc1. The predicted octanol–water partition coefficient (Wildman–Crippen LogP) is 1.77. The fraction of sp³-hybridized carbons (Fsp3) is 0.308. The molecule has 0 heterocycles. The van der Waals surface area contributed by atoms with E-state index in [0.717, 1.165) is 0 Å². The average molecular weight is 283 g/mol. The molecule has 0 aliphatic rings. The zero-order valence-corrected chi connectivity index (χ0v) is 11.5. The molecule has 0 aromatic heterocycles. The summed E-state index contributed by atoms with van der Waals surface area (Å²) in [6.45, 7) is 5.31. The topological polar surface area (TPSA) is 83.5 Å². The molecule has 0 aliphatic heterocycles. The minimum absolute atomic E-state index is 0.133. The molecule has 1 aromatic carbocycles. The number of aromatic carboxylic acids is 1. The fourth-order valence-electron chi connectivity index (χ4n) is 1.61. The molecule has 5 nitrogen and oxygen atoms in total. The van der Waals surface area contributed by atoms with Gasteiger partial charge in [0.1, 0.15) is 0 Å². The average Bonchev–Trinajstić information content (AvgIpc) is 2.28. The number of hydrogen-bond donors (Lipinski definition) is 2. The zero-order valence-electron chi connectivity index (χ0n) is 10.7. The van der Waals surface area contributed by atoms with E-state index in [1.165, 1.54) is 24.3 Å². The third-order valence-electron chi connectivity index (χ3n) is 2.46. The Morgan fingerprint density at radius 3 is 2.47 bits per heavy atom. The third-order valence-corrected chi connectivity index (χ3v) is 3.93. The van der Waals surface area contributed by atoms with Gasteiger partial charge in [-0.25, -0.2) is 17.9 Å². The van der Waals surface area contributed by atoms with E-state index in [0.29, 0.717) is 12.0 Å². The van der Waals surface area contributed by atoms with Gasteiger partial charge < -0.3 is 5.11 Å². The number of benzene rings is 1. The molecule has 1 atom stereocenters. The molecule has 19 heavy (non-hydrogen) atoms. The largest absolute Gasteiger partial charge is 0.478 e. The number of rotatable bonds is 7. The van der Waals surface area contributed by atoms with Gasteiger partial charge in [-0.15, -0.1) is 6.58 Å². The Balaban J connectivity index is 2.72. The number of hydrogen-bond acceptors (Lipinski definition) is 3. The molecule has 1 unspecified atom stereocenters. The first-order chi connectivity index (χ1) is 8.84. The highest BCUT2D eigenvalue weighted by atomic mass is 32.2. The second-order valence-corrected chi connectivity index (χ2v) is 6.06. The van der Waals surface area contributed by atoms with Crippen LogP contribution in [0.25, 0.3) is 0 Å². The van der Waals surface area contributed by atoms with Crippen LogP contribution in [-0.4, -0.2) is 25.5 Å². The Labute approximate surface area is 113 Å². The quantitative estimate of drug-likeness (QED) is 0.747. The van der Waals surface area contributed by atoms with Gasteiger partial charge in [-0.05, 0) is 31.0 Å². The zero-order chi connectivity index (χ0) is 14.5. The van der Waals surface area contributed by atoms with Crippen LogP contribution >= 0.6 is 0 Å². The highest BCUT2D eigenvalue weighted by Crippen LogP contribution is 2.09. The summed E-state index contributed by atoms with van der Waals surface area (Å²) in [5.74, 6) is -1.21. The normalized spacial score (nSPS) is 12.9. The van der Waals surface area contributed by atoms with Gasteiger partial charge >= 0.3 is 5.97 Å². The van der Waals surface area contributed by atoms with Crippen molar-refractivity contribution in [2.24, 2.45) is 0 Å². The molecule has 0 fully saturated rings. The number of carbonyl (C=O) groups is 1. The molecular weight excluding hydrogens is 266 g/mol. The lowest BCUT2D eigenvalue weighted by molar-refractivity contribution is 0.0697. The van der Waals surface area contributed by atoms with Crippen LogP contribution in [0.1, 0.15) is 29.3 Å². The fourth-order valence-corrected chi connectivity index (χ4v) is 3.03. The molecule has 6 heteroatoms. The molecule has 104 valence electrons.